The van der Waals surface area contributed by atoms with Crippen LogP contribution in [0.25, 0.3) is 0 Å². The summed E-state index contributed by atoms with van der Waals surface area (Å²) in [6, 6.07) is 5.34. The van der Waals surface area contributed by atoms with Gasteiger partial charge < -0.3 is 9.47 Å². The molecule has 0 atom stereocenters. The molecule has 0 saturated heterocycles. The molecule has 0 radical (unpaired) electrons. The number of carbonyl (C=O) groups excluding carboxylic acids is 1. The van der Waals surface area contributed by atoms with Crippen molar-refractivity contribution in [1.82, 2.24) is 9.78 Å². The van der Waals surface area contributed by atoms with Crippen LogP contribution in [0.3, 0.4) is 0 Å². The first-order valence-corrected chi connectivity index (χ1v) is 7.28. The summed E-state index contributed by atoms with van der Waals surface area (Å²) in [5.41, 5.74) is 0.898. The van der Waals surface area contributed by atoms with E-state index in [9.17, 15) is 4.79 Å². The summed E-state index contributed by atoms with van der Waals surface area (Å²) < 4.78 is 13.1. The molecule has 0 aliphatic heterocycles. The third-order valence-corrected chi connectivity index (χ3v) is 3.59. The van der Waals surface area contributed by atoms with Crippen LogP contribution in [0.4, 0.5) is 0 Å². The minimum absolute atomic E-state index is 0.0503. The number of benzene rings is 1. The van der Waals surface area contributed by atoms with Crippen LogP contribution in [0.5, 0.6) is 11.5 Å². The second-order valence-corrected chi connectivity index (χ2v) is 5.69. The minimum Gasteiger partial charge on any atom is -0.496 e. The lowest BCUT2D eigenvalue weighted by Gasteiger charge is -2.13. The molecule has 2 rings (SSSR count). The Labute approximate surface area is 132 Å². The van der Waals surface area contributed by atoms with Gasteiger partial charge in [-0.1, -0.05) is 15.9 Å². The zero-order valence-electron chi connectivity index (χ0n) is 12.4. The Hall–Kier alpha value is -1.82. The van der Waals surface area contributed by atoms with E-state index >= 15 is 0 Å². The highest BCUT2D eigenvalue weighted by Gasteiger charge is 2.24. The molecule has 0 amide bonds. The highest BCUT2D eigenvalue weighted by Crippen LogP contribution is 2.30. The van der Waals surface area contributed by atoms with Gasteiger partial charge in [-0.3, -0.25) is 9.48 Å². The average molecular weight is 353 g/mol. The maximum Gasteiger partial charge on any atom is 0.218 e. The van der Waals surface area contributed by atoms with Crippen molar-refractivity contribution in [2.24, 2.45) is 0 Å². The van der Waals surface area contributed by atoms with Gasteiger partial charge in [0, 0.05) is 10.5 Å². The van der Waals surface area contributed by atoms with E-state index in [-0.39, 0.29) is 11.8 Å². The summed E-state index contributed by atoms with van der Waals surface area (Å²) in [6.07, 6.45) is 1.55. The summed E-state index contributed by atoms with van der Waals surface area (Å²) >= 11 is 3.37. The van der Waals surface area contributed by atoms with E-state index in [0.717, 1.165) is 4.47 Å². The molecule has 0 N–H and O–H groups in total. The van der Waals surface area contributed by atoms with Crippen molar-refractivity contribution in [3.8, 4) is 11.5 Å². The van der Waals surface area contributed by atoms with E-state index in [1.54, 1.807) is 29.1 Å². The van der Waals surface area contributed by atoms with Gasteiger partial charge in [0.1, 0.15) is 5.75 Å². The number of aromatic nitrogens is 2. The van der Waals surface area contributed by atoms with Gasteiger partial charge in [-0.05, 0) is 32.0 Å². The number of nitrogens with zero attached hydrogens (tertiary/aromatic N) is 2. The van der Waals surface area contributed by atoms with Crippen LogP contribution in [0.1, 0.15) is 35.9 Å². The highest BCUT2D eigenvalue weighted by molar-refractivity contribution is 9.10. The standard InChI is InChI=1S/C15H17BrN2O3/c1-9(2)18-14(13(21-4)8-17-18)15(19)11-6-5-10(16)7-12(11)20-3/h5-9H,1-4H3. The number of ether oxygens (including phenoxy) is 2. The van der Waals surface area contributed by atoms with Crippen molar-refractivity contribution in [3.05, 3.63) is 40.1 Å². The van der Waals surface area contributed by atoms with Crippen LogP contribution in [0.2, 0.25) is 0 Å². The monoisotopic (exact) mass is 352 g/mol. The van der Waals surface area contributed by atoms with E-state index in [1.165, 1.54) is 14.2 Å². The minimum atomic E-state index is -0.178. The number of rotatable bonds is 5. The average Bonchev–Trinajstić information content (AvgIpc) is 2.90. The summed E-state index contributed by atoms with van der Waals surface area (Å²) in [6.45, 7) is 3.92. The molecule has 0 spiro atoms. The molecule has 0 fully saturated rings. The Balaban J connectivity index is 2.57. The number of ketones is 1. The predicted octanol–water partition coefficient (Wildman–Crippen LogP) is 3.47. The first-order chi connectivity index (χ1) is 9.99. The zero-order valence-corrected chi connectivity index (χ0v) is 14.0. The lowest BCUT2D eigenvalue weighted by atomic mass is 10.1. The van der Waals surface area contributed by atoms with Crippen LogP contribution in [0, 0.1) is 0 Å². The first-order valence-electron chi connectivity index (χ1n) is 6.49. The highest BCUT2D eigenvalue weighted by atomic mass is 79.9. The van der Waals surface area contributed by atoms with E-state index in [4.69, 9.17) is 9.47 Å². The van der Waals surface area contributed by atoms with Crippen molar-refractivity contribution in [2.75, 3.05) is 14.2 Å². The Bertz CT molecular complexity index is 665. The predicted molar refractivity (Wildman–Crippen MR) is 83.3 cm³/mol. The van der Waals surface area contributed by atoms with Crippen molar-refractivity contribution >= 4 is 21.7 Å². The van der Waals surface area contributed by atoms with E-state index < -0.39 is 0 Å². The number of hydrogen-bond acceptors (Lipinski definition) is 4. The Kier molecular flexibility index (Phi) is 4.67. The number of halogens is 1. The van der Waals surface area contributed by atoms with Crippen LogP contribution >= 0.6 is 15.9 Å². The fourth-order valence-electron chi connectivity index (χ4n) is 2.08. The maximum atomic E-state index is 12.9. The molecular weight excluding hydrogens is 336 g/mol. The molecule has 21 heavy (non-hydrogen) atoms. The van der Waals surface area contributed by atoms with Gasteiger partial charge in [0.2, 0.25) is 5.78 Å². The molecule has 112 valence electrons. The quantitative estimate of drug-likeness (QED) is 0.773. The molecule has 5 nitrogen and oxygen atoms in total. The summed E-state index contributed by atoms with van der Waals surface area (Å²) in [4.78, 5) is 12.9. The van der Waals surface area contributed by atoms with Crippen molar-refractivity contribution in [1.29, 1.82) is 0 Å². The molecular formula is C15H17BrN2O3. The number of methoxy groups -OCH3 is 2. The van der Waals surface area contributed by atoms with Gasteiger partial charge in [0.05, 0.1) is 26.0 Å². The lowest BCUT2D eigenvalue weighted by Crippen LogP contribution is -2.15. The van der Waals surface area contributed by atoms with Crippen LogP contribution in [0.15, 0.2) is 28.9 Å². The Morgan fingerprint density at radius 2 is 1.90 bits per heavy atom. The number of carbonyl (C=O) groups is 1. The van der Waals surface area contributed by atoms with Crippen LogP contribution < -0.4 is 9.47 Å². The van der Waals surface area contributed by atoms with Crippen LogP contribution in [-0.4, -0.2) is 29.8 Å². The summed E-state index contributed by atoms with van der Waals surface area (Å²) in [5, 5.41) is 4.23. The third kappa shape index (κ3) is 2.95. The molecule has 0 aliphatic carbocycles. The first kappa shape index (κ1) is 15.6. The van der Waals surface area contributed by atoms with Gasteiger partial charge >= 0.3 is 0 Å². The smallest absolute Gasteiger partial charge is 0.218 e. The Morgan fingerprint density at radius 1 is 1.24 bits per heavy atom. The van der Waals surface area contributed by atoms with Crippen molar-refractivity contribution in [2.45, 2.75) is 19.9 Å². The molecule has 0 unspecified atom stereocenters. The van der Waals surface area contributed by atoms with Gasteiger partial charge in [0.15, 0.2) is 11.4 Å². The van der Waals surface area contributed by atoms with Crippen LogP contribution in [-0.2, 0) is 0 Å². The molecule has 0 saturated carbocycles. The van der Waals surface area contributed by atoms with Gasteiger partial charge in [-0.25, -0.2) is 0 Å². The normalized spacial score (nSPS) is 10.8. The maximum absolute atomic E-state index is 12.9. The molecule has 0 bridgehead atoms. The molecule has 0 aliphatic rings. The molecule has 2 aromatic rings. The van der Waals surface area contributed by atoms with E-state index in [1.807, 2.05) is 13.8 Å². The van der Waals surface area contributed by atoms with E-state index in [0.29, 0.717) is 22.8 Å². The Morgan fingerprint density at radius 3 is 2.48 bits per heavy atom. The molecule has 6 heteroatoms. The summed E-state index contributed by atoms with van der Waals surface area (Å²) in [7, 11) is 3.06. The zero-order chi connectivity index (χ0) is 15.6. The van der Waals surface area contributed by atoms with Crippen molar-refractivity contribution < 1.29 is 14.3 Å². The second kappa shape index (κ2) is 6.30. The van der Waals surface area contributed by atoms with Crippen molar-refractivity contribution in [3.63, 3.8) is 0 Å². The SMILES string of the molecule is COc1cc(Br)ccc1C(=O)c1c(OC)cnn1C(C)C. The topological polar surface area (TPSA) is 53.4 Å². The van der Waals surface area contributed by atoms with Gasteiger partial charge in [-0.2, -0.15) is 5.10 Å². The van der Waals surface area contributed by atoms with E-state index in [2.05, 4.69) is 21.0 Å². The summed E-state index contributed by atoms with van der Waals surface area (Å²) in [5.74, 6) is 0.786. The fourth-order valence-corrected chi connectivity index (χ4v) is 2.42. The molecule has 1 aromatic heterocycles. The lowest BCUT2D eigenvalue weighted by molar-refractivity contribution is 0.102. The number of hydrogen-bond donors (Lipinski definition) is 0. The largest absolute Gasteiger partial charge is 0.496 e. The van der Waals surface area contributed by atoms with Gasteiger partial charge in [0.25, 0.3) is 0 Å². The molecule has 1 aromatic carbocycles. The molecule has 1 heterocycles. The third-order valence-electron chi connectivity index (χ3n) is 3.09. The van der Waals surface area contributed by atoms with Gasteiger partial charge in [-0.15, -0.1) is 0 Å². The second-order valence-electron chi connectivity index (χ2n) is 4.77. The fraction of sp³-hybridized carbons (Fsp3) is 0.333.